The predicted molar refractivity (Wildman–Crippen MR) is 153 cm³/mol. The van der Waals surface area contributed by atoms with Gasteiger partial charge in [0.2, 0.25) is 5.91 Å². The van der Waals surface area contributed by atoms with Gasteiger partial charge in [0.25, 0.3) is 5.91 Å². The third kappa shape index (κ3) is 8.14. The molecule has 4 amide bonds. The number of carbonyl (C=O) groups excluding carboxylic acids is 3. The van der Waals surface area contributed by atoms with Gasteiger partial charge in [-0.3, -0.25) is 9.59 Å². The van der Waals surface area contributed by atoms with Gasteiger partial charge in [-0.2, -0.15) is 13.2 Å². The quantitative estimate of drug-likeness (QED) is 0.440. The average Bonchev–Trinajstić information content (AvgIpc) is 3.19. The van der Waals surface area contributed by atoms with Crippen LogP contribution in [0.1, 0.15) is 61.9 Å². The zero-order valence-electron chi connectivity index (χ0n) is 23.6. The molecule has 0 bridgehead atoms. The summed E-state index contributed by atoms with van der Waals surface area (Å²) in [7, 11) is 0. The maximum atomic E-state index is 13.7. The van der Waals surface area contributed by atoms with Gasteiger partial charge in [0.15, 0.2) is 0 Å². The van der Waals surface area contributed by atoms with Crippen LogP contribution in [0.25, 0.3) is 0 Å². The number of piperidine rings is 1. The van der Waals surface area contributed by atoms with Gasteiger partial charge in [-0.15, -0.1) is 0 Å². The Labute approximate surface area is 238 Å². The van der Waals surface area contributed by atoms with Crippen molar-refractivity contribution in [3.63, 3.8) is 0 Å². The molecule has 0 unspecified atom stereocenters. The van der Waals surface area contributed by atoms with E-state index in [9.17, 15) is 27.6 Å². The minimum Gasteiger partial charge on any atom is -0.369 e. The summed E-state index contributed by atoms with van der Waals surface area (Å²) in [6, 6.07) is 9.48. The van der Waals surface area contributed by atoms with Crippen LogP contribution in [0.15, 0.2) is 42.5 Å². The normalized spacial score (nSPS) is 16.4. The molecule has 222 valence electrons. The number of hydrogen-bond acceptors (Lipinski definition) is 4. The molecule has 0 saturated carbocycles. The van der Waals surface area contributed by atoms with Gasteiger partial charge < -0.3 is 25.3 Å². The first-order valence-corrected chi connectivity index (χ1v) is 14.2. The van der Waals surface area contributed by atoms with Crippen molar-refractivity contribution in [3.8, 4) is 0 Å². The van der Waals surface area contributed by atoms with E-state index >= 15 is 0 Å². The van der Waals surface area contributed by atoms with Crippen LogP contribution in [-0.2, 0) is 11.0 Å². The molecule has 2 saturated heterocycles. The molecule has 2 aromatic rings. The van der Waals surface area contributed by atoms with E-state index in [0.29, 0.717) is 63.4 Å². The van der Waals surface area contributed by atoms with E-state index in [2.05, 4.69) is 15.5 Å². The number of hydrogen-bond donors (Lipinski definition) is 2. The summed E-state index contributed by atoms with van der Waals surface area (Å²) in [4.78, 5) is 44.5. The van der Waals surface area contributed by atoms with Gasteiger partial charge in [0.1, 0.15) is 0 Å². The number of amides is 4. The fraction of sp³-hybridized carbons (Fsp3) is 0.500. The molecule has 2 aliphatic rings. The zero-order valence-corrected chi connectivity index (χ0v) is 23.6. The Morgan fingerprint density at radius 2 is 1.51 bits per heavy atom. The number of likely N-dealkylation sites (tertiary alicyclic amines) is 1. The molecular formula is C30H38F3N5O3. The van der Waals surface area contributed by atoms with E-state index in [1.165, 1.54) is 12.1 Å². The van der Waals surface area contributed by atoms with Crippen LogP contribution in [0.4, 0.5) is 35.0 Å². The molecule has 2 fully saturated rings. The fourth-order valence-corrected chi connectivity index (χ4v) is 5.25. The third-order valence-electron chi connectivity index (χ3n) is 7.31. The number of benzene rings is 2. The van der Waals surface area contributed by atoms with E-state index < -0.39 is 17.8 Å². The smallest absolute Gasteiger partial charge is 0.369 e. The Morgan fingerprint density at radius 1 is 0.805 bits per heavy atom. The SMILES string of the molecule is CC(C)CC(=O)Nc1ccc(N2CCCN(C(=O)Nc3cccc(C(F)(F)F)c3)CC2)c(C(=O)N2CCCCC2)c1. The van der Waals surface area contributed by atoms with E-state index in [1.807, 2.05) is 24.8 Å². The second-order valence-electron chi connectivity index (χ2n) is 11.1. The van der Waals surface area contributed by atoms with Crippen molar-refractivity contribution in [2.45, 2.75) is 52.1 Å². The van der Waals surface area contributed by atoms with Crippen LogP contribution in [0, 0.1) is 5.92 Å². The lowest BCUT2D eigenvalue weighted by molar-refractivity contribution is -0.137. The minimum absolute atomic E-state index is 0.0791. The Hall–Kier alpha value is -3.76. The number of alkyl halides is 3. The van der Waals surface area contributed by atoms with Gasteiger partial charge in [0.05, 0.1) is 11.1 Å². The van der Waals surface area contributed by atoms with Crippen molar-refractivity contribution in [1.29, 1.82) is 0 Å². The van der Waals surface area contributed by atoms with Gasteiger partial charge in [-0.25, -0.2) is 4.79 Å². The molecule has 2 aromatic carbocycles. The number of anilines is 3. The molecule has 41 heavy (non-hydrogen) atoms. The van der Waals surface area contributed by atoms with Crippen molar-refractivity contribution >= 4 is 34.9 Å². The van der Waals surface area contributed by atoms with Gasteiger partial charge >= 0.3 is 12.2 Å². The second kappa shape index (κ2) is 13.3. The largest absolute Gasteiger partial charge is 0.416 e. The topological polar surface area (TPSA) is 85.0 Å². The Morgan fingerprint density at radius 3 is 2.22 bits per heavy atom. The number of nitrogens with zero attached hydrogens (tertiary/aromatic N) is 3. The van der Waals surface area contributed by atoms with Crippen LogP contribution in [0.5, 0.6) is 0 Å². The van der Waals surface area contributed by atoms with Gasteiger partial charge in [-0.1, -0.05) is 19.9 Å². The molecule has 2 heterocycles. The highest BCUT2D eigenvalue weighted by Crippen LogP contribution is 2.31. The minimum atomic E-state index is -4.50. The molecule has 0 aromatic heterocycles. The third-order valence-corrected chi connectivity index (χ3v) is 7.31. The lowest BCUT2D eigenvalue weighted by Crippen LogP contribution is -2.39. The van der Waals surface area contributed by atoms with Gasteiger partial charge in [0, 0.05) is 62.8 Å². The van der Waals surface area contributed by atoms with Crippen LogP contribution in [0.3, 0.4) is 0 Å². The van der Waals surface area contributed by atoms with E-state index in [4.69, 9.17) is 0 Å². The number of rotatable bonds is 6. The van der Waals surface area contributed by atoms with E-state index in [-0.39, 0.29) is 23.4 Å². The highest BCUT2D eigenvalue weighted by Gasteiger charge is 2.31. The molecule has 0 aliphatic carbocycles. The van der Waals surface area contributed by atoms with Crippen LogP contribution in [0.2, 0.25) is 0 Å². The first-order valence-electron chi connectivity index (χ1n) is 14.2. The van der Waals surface area contributed by atoms with Gasteiger partial charge in [-0.05, 0) is 68.0 Å². The fourth-order valence-electron chi connectivity index (χ4n) is 5.25. The van der Waals surface area contributed by atoms with Crippen molar-refractivity contribution in [3.05, 3.63) is 53.6 Å². The summed E-state index contributed by atoms with van der Waals surface area (Å²) < 4.78 is 39.3. The standard InChI is InChI=1S/C30H38F3N5O3/c1-21(2)18-27(39)34-24-10-11-26(25(20-24)28(40)37-12-4-3-5-13-37)36-14-7-15-38(17-16-36)29(41)35-23-9-6-8-22(19-23)30(31,32)33/h6,8-11,19-21H,3-5,7,12-18H2,1-2H3,(H,34,39)(H,35,41). The zero-order chi connectivity index (χ0) is 29.6. The van der Waals surface area contributed by atoms with Crippen LogP contribution in [-0.4, -0.2) is 66.9 Å². The summed E-state index contributed by atoms with van der Waals surface area (Å²) in [5.41, 5.74) is 1.07. The highest BCUT2D eigenvalue weighted by atomic mass is 19.4. The molecule has 0 spiro atoms. The summed E-state index contributed by atoms with van der Waals surface area (Å²) >= 11 is 0. The van der Waals surface area contributed by atoms with E-state index in [1.54, 1.807) is 17.0 Å². The number of carbonyl (C=O) groups is 3. The van der Waals surface area contributed by atoms with Crippen LogP contribution >= 0.6 is 0 Å². The molecule has 8 nitrogen and oxygen atoms in total. The number of nitrogens with one attached hydrogen (secondary N) is 2. The molecule has 0 atom stereocenters. The van der Waals surface area contributed by atoms with Crippen molar-refractivity contribution in [1.82, 2.24) is 9.80 Å². The Kier molecular flexibility index (Phi) is 9.77. The summed E-state index contributed by atoms with van der Waals surface area (Å²) in [6.07, 6.45) is -0.522. The number of urea groups is 1. The Balaban J connectivity index is 1.49. The molecule has 4 rings (SSSR count). The lowest BCUT2D eigenvalue weighted by Gasteiger charge is -2.30. The van der Waals surface area contributed by atoms with Crippen molar-refractivity contribution in [2.75, 3.05) is 54.8 Å². The first-order chi connectivity index (χ1) is 19.5. The number of halogens is 3. The second-order valence-corrected chi connectivity index (χ2v) is 11.1. The maximum Gasteiger partial charge on any atom is 0.416 e. The lowest BCUT2D eigenvalue weighted by atomic mass is 10.1. The molecule has 2 aliphatic heterocycles. The van der Waals surface area contributed by atoms with Crippen molar-refractivity contribution in [2.24, 2.45) is 5.92 Å². The maximum absolute atomic E-state index is 13.7. The monoisotopic (exact) mass is 573 g/mol. The Bertz CT molecular complexity index is 1240. The molecule has 11 heteroatoms. The molecular weight excluding hydrogens is 535 g/mol. The first kappa shape index (κ1) is 30.2. The van der Waals surface area contributed by atoms with Crippen LogP contribution < -0.4 is 15.5 Å². The summed E-state index contributed by atoms with van der Waals surface area (Å²) in [5.74, 6) is 0.0129. The predicted octanol–water partition coefficient (Wildman–Crippen LogP) is 6.06. The average molecular weight is 574 g/mol. The molecule has 2 N–H and O–H groups in total. The summed E-state index contributed by atoms with van der Waals surface area (Å²) in [5, 5.41) is 5.50. The van der Waals surface area contributed by atoms with Crippen molar-refractivity contribution < 1.29 is 27.6 Å². The highest BCUT2D eigenvalue weighted by molar-refractivity contribution is 6.02. The van der Waals surface area contributed by atoms with E-state index in [0.717, 1.165) is 37.1 Å². The summed E-state index contributed by atoms with van der Waals surface area (Å²) in [6.45, 7) is 7.08. The molecule has 0 radical (unpaired) electrons.